The molecule has 0 saturated heterocycles. The lowest BCUT2D eigenvalue weighted by Crippen LogP contribution is -2.31. The van der Waals surface area contributed by atoms with Gasteiger partial charge in [-0.05, 0) is 48.0 Å². The number of rotatable bonds is 6. The van der Waals surface area contributed by atoms with Crippen molar-refractivity contribution in [3.63, 3.8) is 0 Å². The van der Waals surface area contributed by atoms with Crippen LogP contribution in [0.25, 0.3) is 21.2 Å². The minimum absolute atomic E-state index is 0.124. The van der Waals surface area contributed by atoms with Gasteiger partial charge >= 0.3 is 0 Å². The zero-order valence-electron chi connectivity index (χ0n) is 20.4. The van der Waals surface area contributed by atoms with Crippen molar-refractivity contribution in [2.75, 3.05) is 19.1 Å². The van der Waals surface area contributed by atoms with E-state index >= 15 is 0 Å². The van der Waals surface area contributed by atoms with Crippen LogP contribution in [0, 0.1) is 5.82 Å². The van der Waals surface area contributed by atoms with Crippen molar-refractivity contribution < 1.29 is 33.0 Å². The average Bonchev–Trinajstić information content (AvgIpc) is 3.61. The fourth-order valence-corrected chi connectivity index (χ4v) is 5.87. The molecule has 3 heterocycles. The van der Waals surface area contributed by atoms with Crippen LogP contribution < -0.4 is 14.4 Å². The van der Waals surface area contributed by atoms with E-state index in [0.29, 0.717) is 37.7 Å². The van der Waals surface area contributed by atoms with Crippen LogP contribution >= 0.6 is 22.9 Å². The summed E-state index contributed by atoms with van der Waals surface area (Å²) in [5.74, 6) is -2.06. The summed E-state index contributed by atoms with van der Waals surface area (Å²) in [6.07, 6.45) is 0. The van der Waals surface area contributed by atoms with E-state index in [1.807, 2.05) is 0 Å². The molecule has 2 aromatic heterocycles. The average molecular weight is 565 g/mol. The number of anilines is 1. The van der Waals surface area contributed by atoms with Crippen LogP contribution in [-0.2, 0) is 4.79 Å². The smallest absolute Gasteiger partial charge is 0.296 e. The highest BCUT2D eigenvalue weighted by molar-refractivity contribution is 7.22. The molecule has 6 rings (SSSR count). The monoisotopic (exact) mass is 564 g/mol. The first kappa shape index (κ1) is 24.9. The van der Waals surface area contributed by atoms with Gasteiger partial charge < -0.3 is 19.0 Å². The van der Waals surface area contributed by atoms with Gasteiger partial charge in [0.2, 0.25) is 5.78 Å². The number of furan rings is 1. The molecule has 11 heteroatoms. The van der Waals surface area contributed by atoms with Gasteiger partial charge in [-0.2, -0.15) is 0 Å². The number of carbonyl (C=O) groups is 2. The summed E-state index contributed by atoms with van der Waals surface area (Å²) in [7, 11) is 2.94. The first-order valence-electron chi connectivity index (χ1n) is 11.6. The molecule has 0 spiro atoms. The first-order valence-corrected chi connectivity index (χ1v) is 12.8. The lowest BCUT2D eigenvalue weighted by atomic mass is 9.95. The van der Waals surface area contributed by atoms with Crippen LogP contribution in [0.15, 0.2) is 76.4 Å². The number of halogens is 2. The Morgan fingerprint density at radius 3 is 2.72 bits per heavy atom. The lowest BCUT2D eigenvalue weighted by molar-refractivity contribution is -0.117. The van der Waals surface area contributed by atoms with Crippen LogP contribution in [-0.4, -0.2) is 36.0 Å². The van der Waals surface area contributed by atoms with Crippen molar-refractivity contribution in [3.8, 4) is 11.5 Å². The van der Waals surface area contributed by atoms with Crippen molar-refractivity contribution in [2.24, 2.45) is 0 Å². The normalized spacial score (nSPS) is 15.5. The third-order valence-corrected chi connectivity index (χ3v) is 7.63. The van der Waals surface area contributed by atoms with Crippen molar-refractivity contribution >= 4 is 60.9 Å². The predicted octanol–water partition coefficient (Wildman–Crippen LogP) is 6.64. The zero-order valence-corrected chi connectivity index (χ0v) is 22.0. The highest BCUT2D eigenvalue weighted by atomic mass is 35.5. The standard InChI is InChI=1S/C28H18ClFN2O6S/c1-36-17-5-3-4-13(9-17)23-22(24(33)19-10-14-8-15(29)11-20(37-2)26(14)38-19)25(34)27(35)32(23)28-31-18-7-6-16(30)12-21(18)39-28/h3-12,23,34H,1-2H3. The third kappa shape index (κ3) is 4.08. The Morgan fingerprint density at radius 2 is 1.95 bits per heavy atom. The molecule has 1 amide bonds. The molecular weight excluding hydrogens is 547 g/mol. The molecule has 0 aliphatic carbocycles. The number of ketones is 1. The number of aliphatic hydroxyl groups excluding tert-OH is 1. The van der Waals surface area contributed by atoms with Gasteiger partial charge in [-0.25, -0.2) is 9.37 Å². The number of methoxy groups -OCH3 is 2. The van der Waals surface area contributed by atoms with Gasteiger partial charge in [0, 0.05) is 16.5 Å². The molecule has 1 N–H and O–H groups in total. The Labute approximate surface area is 229 Å². The largest absolute Gasteiger partial charge is 0.503 e. The summed E-state index contributed by atoms with van der Waals surface area (Å²) in [4.78, 5) is 33.2. The molecular formula is C28H18ClFN2O6S. The van der Waals surface area contributed by atoms with Gasteiger partial charge in [0.25, 0.3) is 5.91 Å². The number of fused-ring (bicyclic) bond motifs is 2. The van der Waals surface area contributed by atoms with Crippen LogP contribution in [0.1, 0.15) is 22.2 Å². The maximum Gasteiger partial charge on any atom is 0.296 e. The van der Waals surface area contributed by atoms with E-state index < -0.39 is 29.3 Å². The molecule has 39 heavy (non-hydrogen) atoms. The van der Waals surface area contributed by atoms with E-state index in [9.17, 15) is 19.1 Å². The molecule has 196 valence electrons. The SMILES string of the molecule is COc1cccc(C2C(C(=O)c3cc4cc(Cl)cc(OC)c4o3)=C(O)C(=O)N2c2nc3ccc(F)cc3s2)c1. The Morgan fingerprint density at radius 1 is 1.13 bits per heavy atom. The number of nitrogens with zero attached hydrogens (tertiary/aromatic N) is 2. The molecule has 8 nitrogen and oxygen atoms in total. The fourth-order valence-electron chi connectivity index (χ4n) is 4.63. The Kier molecular flexibility index (Phi) is 6.00. The molecule has 0 saturated carbocycles. The summed E-state index contributed by atoms with van der Waals surface area (Å²) in [5, 5.41) is 12.2. The quantitative estimate of drug-likeness (QED) is 0.231. The molecule has 0 bridgehead atoms. The predicted molar refractivity (Wildman–Crippen MR) is 145 cm³/mol. The van der Waals surface area contributed by atoms with Crippen molar-refractivity contribution in [1.29, 1.82) is 0 Å². The number of aliphatic hydroxyl groups is 1. The third-order valence-electron chi connectivity index (χ3n) is 6.40. The van der Waals surface area contributed by atoms with Gasteiger partial charge in [0.05, 0.1) is 36.1 Å². The van der Waals surface area contributed by atoms with Crippen LogP contribution in [0.3, 0.4) is 0 Å². The summed E-state index contributed by atoms with van der Waals surface area (Å²) >= 11 is 7.24. The molecule has 0 fully saturated rings. The van der Waals surface area contributed by atoms with Crippen LogP contribution in [0.5, 0.6) is 11.5 Å². The number of ether oxygens (including phenoxy) is 2. The molecule has 1 aliphatic rings. The van der Waals surface area contributed by atoms with E-state index in [1.54, 1.807) is 36.4 Å². The number of carbonyl (C=O) groups excluding carboxylic acids is 2. The minimum Gasteiger partial charge on any atom is -0.503 e. The number of amides is 1. The maximum atomic E-state index is 13.9. The van der Waals surface area contributed by atoms with E-state index in [4.69, 9.17) is 25.5 Å². The minimum atomic E-state index is -1.08. The van der Waals surface area contributed by atoms with E-state index in [0.717, 1.165) is 11.3 Å². The molecule has 0 radical (unpaired) electrons. The zero-order chi connectivity index (χ0) is 27.4. The molecule has 1 unspecified atom stereocenters. The number of hydrogen-bond donors (Lipinski definition) is 1. The highest BCUT2D eigenvalue weighted by Gasteiger charge is 2.46. The number of thiazole rings is 1. The number of aromatic nitrogens is 1. The van der Waals surface area contributed by atoms with Crippen molar-refractivity contribution in [3.05, 3.63) is 94.2 Å². The van der Waals surface area contributed by atoms with E-state index in [1.165, 1.54) is 43.4 Å². The van der Waals surface area contributed by atoms with Gasteiger partial charge in [0.15, 0.2) is 28.0 Å². The van der Waals surface area contributed by atoms with Crippen LogP contribution in [0.2, 0.25) is 5.02 Å². The Hall–Kier alpha value is -4.41. The summed E-state index contributed by atoms with van der Waals surface area (Å²) < 4.78 is 30.9. The molecule has 5 aromatic rings. The number of benzene rings is 3. The van der Waals surface area contributed by atoms with Crippen molar-refractivity contribution in [2.45, 2.75) is 6.04 Å². The topological polar surface area (TPSA) is 102 Å². The first-order chi connectivity index (χ1) is 18.8. The van der Waals surface area contributed by atoms with Gasteiger partial charge in [0.1, 0.15) is 11.6 Å². The van der Waals surface area contributed by atoms with E-state index in [-0.39, 0.29) is 22.0 Å². The van der Waals surface area contributed by atoms with Crippen molar-refractivity contribution in [1.82, 2.24) is 4.98 Å². The summed E-state index contributed by atoms with van der Waals surface area (Å²) in [5.41, 5.74) is 1.03. The maximum absolute atomic E-state index is 13.9. The molecule has 3 aromatic carbocycles. The second-order valence-corrected chi connectivity index (χ2v) is 10.1. The molecule has 1 aliphatic heterocycles. The fraction of sp³-hybridized carbons (Fsp3) is 0.107. The Balaban J connectivity index is 1.52. The number of hydrogen-bond acceptors (Lipinski definition) is 8. The van der Waals surface area contributed by atoms with Gasteiger partial charge in [-0.15, -0.1) is 0 Å². The summed E-state index contributed by atoms with van der Waals surface area (Å²) in [6, 6.07) is 14.4. The van der Waals surface area contributed by atoms with Gasteiger partial charge in [-0.1, -0.05) is 35.1 Å². The second kappa shape index (κ2) is 9.40. The molecule has 1 atom stereocenters. The second-order valence-electron chi connectivity index (χ2n) is 8.69. The number of Topliss-reactive ketones (excluding diaryl/α,β-unsaturated/α-hetero) is 1. The van der Waals surface area contributed by atoms with E-state index in [2.05, 4.69) is 4.98 Å². The Bertz CT molecular complexity index is 1840. The van der Waals surface area contributed by atoms with Crippen LogP contribution in [0.4, 0.5) is 9.52 Å². The van der Waals surface area contributed by atoms with Gasteiger partial charge in [-0.3, -0.25) is 14.5 Å². The lowest BCUT2D eigenvalue weighted by Gasteiger charge is -2.24. The highest BCUT2D eigenvalue weighted by Crippen LogP contribution is 2.45. The summed E-state index contributed by atoms with van der Waals surface area (Å²) in [6.45, 7) is 0.